The summed E-state index contributed by atoms with van der Waals surface area (Å²) in [7, 11) is 0. The Labute approximate surface area is 169 Å². The van der Waals surface area contributed by atoms with Crippen molar-refractivity contribution in [2.45, 2.75) is 12.8 Å². The van der Waals surface area contributed by atoms with Crippen LogP contribution in [0, 0.1) is 0 Å². The molecule has 0 bridgehead atoms. The maximum Gasteiger partial charge on any atom is 0.303 e. The monoisotopic (exact) mass is 446 g/mol. The molecule has 7 heteroatoms. The highest BCUT2D eigenvalue weighted by atomic mass is 79.9. The molecule has 2 N–H and O–H groups in total. The minimum Gasteiger partial charge on any atom is -0.481 e. The summed E-state index contributed by atoms with van der Waals surface area (Å²) in [6.45, 7) is 0. The van der Waals surface area contributed by atoms with Crippen molar-refractivity contribution in [2.24, 2.45) is 0 Å². The van der Waals surface area contributed by atoms with Crippen LogP contribution in [0.5, 0.6) is 0 Å². The molecule has 0 aliphatic heterocycles. The van der Waals surface area contributed by atoms with Gasteiger partial charge in [-0.05, 0) is 36.4 Å². The highest BCUT2D eigenvalue weighted by Crippen LogP contribution is 2.25. The zero-order chi connectivity index (χ0) is 19.4. The fourth-order valence-electron chi connectivity index (χ4n) is 2.69. The van der Waals surface area contributed by atoms with E-state index in [1.54, 1.807) is 28.9 Å². The number of aromatic nitrogens is 1. The summed E-state index contributed by atoms with van der Waals surface area (Å²) in [6.07, 6.45) is 0.250. The number of halogens is 2. The number of carboxylic acids is 1. The highest BCUT2D eigenvalue weighted by molar-refractivity contribution is 9.10. The molecule has 0 aliphatic rings. The van der Waals surface area contributed by atoms with Gasteiger partial charge in [0, 0.05) is 22.2 Å². The largest absolute Gasteiger partial charge is 0.481 e. The van der Waals surface area contributed by atoms with Crippen LogP contribution in [0.3, 0.4) is 0 Å². The first kappa shape index (κ1) is 19.2. The van der Waals surface area contributed by atoms with Crippen molar-refractivity contribution in [3.8, 4) is 11.3 Å². The van der Waals surface area contributed by atoms with Crippen molar-refractivity contribution in [3.05, 3.63) is 81.4 Å². The number of aryl methyl sites for hydroxylation is 1. The topological polar surface area (TPSA) is 71.3 Å². The number of carbonyl (C=O) groups is 2. The van der Waals surface area contributed by atoms with Crippen molar-refractivity contribution in [1.82, 2.24) is 4.68 Å². The molecule has 0 unspecified atom stereocenters. The summed E-state index contributed by atoms with van der Waals surface area (Å²) in [6, 6.07) is 18.1. The summed E-state index contributed by atoms with van der Waals surface area (Å²) in [5, 5.41) is 9.34. The molecule has 138 valence electrons. The standard InChI is InChI=1S/C20H16BrClN2O3/c21-14-7-5-13(6-8-14)18-11-9-15(10-12-19(25)26)24(18)23-20(27)16-3-1-2-4-17(16)22/h1-9,11H,10,12H2,(H,23,27)(H,25,26). The molecule has 5 nitrogen and oxygen atoms in total. The van der Waals surface area contributed by atoms with Gasteiger partial charge in [0.1, 0.15) is 0 Å². The van der Waals surface area contributed by atoms with Crippen LogP contribution >= 0.6 is 27.5 Å². The third-order valence-corrected chi connectivity index (χ3v) is 4.89. The van der Waals surface area contributed by atoms with E-state index in [1.807, 2.05) is 36.4 Å². The summed E-state index contributed by atoms with van der Waals surface area (Å²) in [5.41, 5.74) is 5.52. The number of aliphatic carboxylic acids is 1. The molecule has 0 atom stereocenters. The molecular formula is C20H16BrClN2O3. The number of hydrogen-bond acceptors (Lipinski definition) is 2. The Morgan fingerprint density at radius 2 is 1.74 bits per heavy atom. The molecule has 0 radical (unpaired) electrons. The Kier molecular flexibility index (Phi) is 5.98. The Morgan fingerprint density at radius 1 is 1.04 bits per heavy atom. The minimum atomic E-state index is -0.898. The lowest BCUT2D eigenvalue weighted by Gasteiger charge is -2.15. The van der Waals surface area contributed by atoms with Gasteiger partial charge in [0.25, 0.3) is 5.91 Å². The fraction of sp³-hybridized carbons (Fsp3) is 0.100. The molecule has 2 aromatic carbocycles. The predicted octanol–water partition coefficient (Wildman–Crippen LogP) is 4.97. The van der Waals surface area contributed by atoms with Crippen LogP contribution < -0.4 is 5.43 Å². The van der Waals surface area contributed by atoms with E-state index in [0.29, 0.717) is 16.3 Å². The van der Waals surface area contributed by atoms with Crippen LogP contribution in [-0.2, 0) is 11.2 Å². The van der Waals surface area contributed by atoms with Crippen LogP contribution in [0.4, 0.5) is 0 Å². The van der Waals surface area contributed by atoms with Gasteiger partial charge in [-0.2, -0.15) is 0 Å². The van der Waals surface area contributed by atoms with Gasteiger partial charge < -0.3 is 5.11 Å². The van der Waals surface area contributed by atoms with Gasteiger partial charge in [0.2, 0.25) is 0 Å². The maximum atomic E-state index is 12.7. The molecule has 0 spiro atoms. The van der Waals surface area contributed by atoms with E-state index in [9.17, 15) is 9.59 Å². The first-order valence-corrected chi connectivity index (χ1v) is 9.37. The summed E-state index contributed by atoms with van der Waals surface area (Å²) >= 11 is 9.53. The molecular weight excluding hydrogens is 432 g/mol. The summed E-state index contributed by atoms with van der Waals surface area (Å²) in [5.74, 6) is -1.27. The zero-order valence-electron chi connectivity index (χ0n) is 14.2. The number of carboxylic acid groups (broad SMARTS) is 1. The molecule has 27 heavy (non-hydrogen) atoms. The number of nitrogens with zero attached hydrogens (tertiary/aromatic N) is 1. The van der Waals surface area contributed by atoms with Gasteiger partial charge >= 0.3 is 5.97 Å². The molecule has 1 aromatic heterocycles. The Morgan fingerprint density at radius 3 is 2.41 bits per heavy atom. The second-order valence-electron chi connectivity index (χ2n) is 5.87. The molecule has 1 amide bonds. The Balaban J connectivity index is 1.98. The van der Waals surface area contributed by atoms with Crippen LogP contribution in [0.1, 0.15) is 22.5 Å². The van der Waals surface area contributed by atoms with Crippen molar-refractivity contribution in [3.63, 3.8) is 0 Å². The van der Waals surface area contributed by atoms with E-state index < -0.39 is 5.97 Å². The molecule has 0 saturated heterocycles. The normalized spacial score (nSPS) is 10.6. The highest BCUT2D eigenvalue weighted by Gasteiger charge is 2.16. The summed E-state index contributed by atoms with van der Waals surface area (Å²) in [4.78, 5) is 23.7. The molecule has 1 heterocycles. The SMILES string of the molecule is O=C(O)CCc1ccc(-c2ccc(Br)cc2)n1NC(=O)c1ccccc1Cl. The lowest BCUT2D eigenvalue weighted by atomic mass is 10.1. The van der Waals surface area contributed by atoms with Gasteiger partial charge in [0.15, 0.2) is 0 Å². The third kappa shape index (κ3) is 4.59. The van der Waals surface area contributed by atoms with Crippen molar-refractivity contribution in [2.75, 3.05) is 5.43 Å². The quantitative estimate of drug-likeness (QED) is 0.560. The first-order chi connectivity index (χ1) is 13.0. The van der Waals surface area contributed by atoms with Gasteiger partial charge in [-0.3, -0.25) is 19.7 Å². The van der Waals surface area contributed by atoms with E-state index in [0.717, 1.165) is 15.7 Å². The smallest absolute Gasteiger partial charge is 0.303 e. The average Bonchev–Trinajstić information content (AvgIpc) is 3.03. The van der Waals surface area contributed by atoms with E-state index >= 15 is 0 Å². The summed E-state index contributed by atoms with van der Waals surface area (Å²) < 4.78 is 2.56. The minimum absolute atomic E-state index is 0.0360. The second-order valence-corrected chi connectivity index (χ2v) is 7.19. The van der Waals surface area contributed by atoms with Gasteiger partial charge in [-0.1, -0.05) is 51.8 Å². The lowest BCUT2D eigenvalue weighted by molar-refractivity contribution is -0.136. The average molecular weight is 448 g/mol. The third-order valence-electron chi connectivity index (χ3n) is 4.03. The Bertz CT molecular complexity index is 983. The number of rotatable bonds is 6. The molecule has 3 rings (SSSR count). The van der Waals surface area contributed by atoms with E-state index in [2.05, 4.69) is 21.4 Å². The first-order valence-electron chi connectivity index (χ1n) is 8.20. The van der Waals surface area contributed by atoms with E-state index in [4.69, 9.17) is 16.7 Å². The van der Waals surface area contributed by atoms with Crippen molar-refractivity contribution >= 4 is 39.4 Å². The number of amides is 1. The van der Waals surface area contributed by atoms with E-state index in [1.165, 1.54) is 0 Å². The predicted molar refractivity (Wildman–Crippen MR) is 109 cm³/mol. The van der Waals surface area contributed by atoms with Crippen LogP contribution in [-0.4, -0.2) is 21.7 Å². The van der Waals surface area contributed by atoms with Gasteiger partial charge in [0.05, 0.1) is 22.7 Å². The maximum absolute atomic E-state index is 12.7. The zero-order valence-corrected chi connectivity index (χ0v) is 16.5. The molecule has 0 aliphatic carbocycles. The Hall–Kier alpha value is -2.57. The molecule has 0 fully saturated rings. The van der Waals surface area contributed by atoms with Gasteiger partial charge in [-0.15, -0.1) is 0 Å². The van der Waals surface area contributed by atoms with Crippen LogP contribution in [0.15, 0.2) is 65.1 Å². The van der Waals surface area contributed by atoms with Gasteiger partial charge in [-0.25, -0.2) is 0 Å². The number of carbonyl (C=O) groups excluding carboxylic acids is 1. The number of benzene rings is 2. The van der Waals surface area contributed by atoms with Crippen LogP contribution in [0.2, 0.25) is 5.02 Å². The van der Waals surface area contributed by atoms with E-state index in [-0.39, 0.29) is 18.7 Å². The second kappa shape index (κ2) is 8.41. The molecule has 0 saturated carbocycles. The van der Waals surface area contributed by atoms with Crippen molar-refractivity contribution in [1.29, 1.82) is 0 Å². The lowest BCUT2D eigenvalue weighted by Crippen LogP contribution is -2.25. The van der Waals surface area contributed by atoms with Crippen molar-refractivity contribution < 1.29 is 14.7 Å². The fourth-order valence-corrected chi connectivity index (χ4v) is 3.18. The number of nitrogens with one attached hydrogen (secondary N) is 1. The van der Waals surface area contributed by atoms with Crippen LogP contribution in [0.25, 0.3) is 11.3 Å². The number of hydrogen-bond donors (Lipinski definition) is 2. The molecule has 3 aromatic rings.